The van der Waals surface area contributed by atoms with Gasteiger partial charge in [-0.3, -0.25) is 4.79 Å². The van der Waals surface area contributed by atoms with Crippen molar-refractivity contribution >= 4 is 11.9 Å². The lowest BCUT2D eigenvalue weighted by Crippen LogP contribution is -2.56. The third kappa shape index (κ3) is 4.57. The van der Waals surface area contributed by atoms with Gasteiger partial charge in [-0.2, -0.15) is 0 Å². The van der Waals surface area contributed by atoms with Gasteiger partial charge in [-0.15, -0.1) is 0 Å². The van der Waals surface area contributed by atoms with E-state index in [-0.39, 0.29) is 24.0 Å². The maximum Gasteiger partial charge on any atom is 0.338 e. The maximum atomic E-state index is 12.6. The Morgan fingerprint density at radius 3 is 2.26 bits per heavy atom. The van der Waals surface area contributed by atoms with Crippen LogP contribution in [-0.4, -0.2) is 29.7 Å². The van der Waals surface area contributed by atoms with Crippen LogP contribution >= 0.6 is 0 Å². The number of aryl methyl sites for hydroxylation is 2. The highest BCUT2D eigenvalue weighted by Crippen LogP contribution is 2.61. The lowest BCUT2D eigenvalue weighted by Gasteiger charge is -2.59. The summed E-state index contributed by atoms with van der Waals surface area (Å²) in [4.78, 5) is 25.0. The number of esters is 1. The average Bonchev–Trinajstić information content (AvgIpc) is 3.12. The number of nitrogens with one attached hydrogen (secondary N) is 1. The second-order valence-electron chi connectivity index (χ2n) is 10.8. The lowest BCUT2D eigenvalue weighted by atomic mass is 9.48. The van der Waals surface area contributed by atoms with Crippen molar-refractivity contribution in [3.8, 4) is 5.75 Å². The molecule has 1 amide bonds. The van der Waals surface area contributed by atoms with Crippen LogP contribution < -0.4 is 10.1 Å². The first kappa shape index (κ1) is 22.9. The Kier molecular flexibility index (Phi) is 6.13. The largest absolute Gasteiger partial charge is 0.489 e. The molecule has 4 aliphatic carbocycles. The molecule has 1 heterocycles. The fourth-order valence-corrected chi connectivity index (χ4v) is 6.91. The van der Waals surface area contributed by atoms with E-state index in [1.54, 1.807) is 24.3 Å². The number of hydrogen-bond acceptors (Lipinski definition) is 6. The van der Waals surface area contributed by atoms with Crippen molar-refractivity contribution in [2.24, 2.45) is 23.2 Å². The summed E-state index contributed by atoms with van der Waals surface area (Å²) >= 11 is 0. The van der Waals surface area contributed by atoms with Crippen molar-refractivity contribution in [3.63, 3.8) is 0 Å². The summed E-state index contributed by atoms with van der Waals surface area (Å²) in [7, 11) is 0. The lowest BCUT2D eigenvalue weighted by molar-refractivity contribution is -0.128. The summed E-state index contributed by atoms with van der Waals surface area (Å²) in [6.07, 6.45) is 7.81. The molecule has 4 aliphatic rings. The van der Waals surface area contributed by atoms with Gasteiger partial charge in [0.15, 0.2) is 6.61 Å². The summed E-state index contributed by atoms with van der Waals surface area (Å²) in [5.74, 6) is 3.11. The standard InChI is InChI=1S/C27H34N2O5/c1-16-24(17(2)34-29-16)14-32-23-6-4-22(5-7-23)26(31)33-15-25(30)28-18(3)27-11-19-8-20(12-27)10-21(9-19)13-27/h4-7,18-21H,8-15H2,1-3H3,(H,28,30)/t18-,19?,20?,21?,27?/m1/s1. The van der Waals surface area contributed by atoms with Gasteiger partial charge in [0.2, 0.25) is 0 Å². The van der Waals surface area contributed by atoms with E-state index in [4.69, 9.17) is 14.0 Å². The predicted octanol–water partition coefficient (Wildman–Crippen LogP) is 4.75. The Labute approximate surface area is 200 Å². The first-order valence-corrected chi connectivity index (χ1v) is 12.4. The molecule has 1 N–H and O–H groups in total. The molecule has 182 valence electrons. The second kappa shape index (κ2) is 9.08. The molecule has 2 aromatic rings. The summed E-state index contributed by atoms with van der Waals surface area (Å²) < 4.78 is 16.2. The number of nitrogens with zero attached hydrogens (tertiary/aromatic N) is 1. The minimum atomic E-state index is -0.519. The van der Waals surface area contributed by atoms with Gasteiger partial charge in [0.1, 0.15) is 18.1 Å². The van der Waals surface area contributed by atoms with E-state index in [9.17, 15) is 9.59 Å². The molecule has 0 radical (unpaired) electrons. The molecule has 4 saturated carbocycles. The molecule has 1 aromatic heterocycles. The Hall–Kier alpha value is -2.83. The van der Waals surface area contributed by atoms with Gasteiger partial charge in [0.05, 0.1) is 16.8 Å². The van der Waals surface area contributed by atoms with Crippen LogP contribution in [-0.2, 0) is 16.1 Å². The molecule has 0 saturated heterocycles. The van der Waals surface area contributed by atoms with Crippen molar-refractivity contribution in [1.82, 2.24) is 10.5 Å². The Morgan fingerprint density at radius 1 is 1.09 bits per heavy atom. The van der Waals surface area contributed by atoms with E-state index in [0.717, 1.165) is 34.8 Å². The molecule has 0 spiro atoms. The molecule has 4 fully saturated rings. The van der Waals surface area contributed by atoms with Crippen LogP contribution in [0.5, 0.6) is 5.75 Å². The molecule has 1 atom stereocenters. The van der Waals surface area contributed by atoms with Crippen molar-refractivity contribution < 1.29 is 23.6 Å². The summed E-state index contributed by atoms with van der Waals surface area (Å²) in [6.45, 7) is 5.92. The number of amides is 1. The van der Waals surface area contributed by atoms with Gasteiger partial charge in [0, 0.05) is 6.04 Å². The highest BCUT2D eigenvalue weighted by atomic mass is 16.5. The highest BCUT2D eigenvalue weighted by molar-refractivity contribution is 5.91. The Morgan fingerprint density at radius 2 is 1.71 bits per heavy atom. The molecule has 0 aliphatic heterocycles. The molecule has 7 heteroatoms. The minimum Gasteiger partial charge on any atom is -0.489 e. The SMILES string of the molecule is Cc1noc(C)c1COc1ccc(C(=O)OCC(=O)N[C@H](C)C23CC4CC(CC(C4)C2)C3)cc1. The normalized spacial score (nSPS) is 27.9. The van der Waals surface area contributed by atoms with Crippen molar-refractivity contribution in [2.75, 3.05) is 6.61 Å². The number of rotatable bonds is 8. The minimum absolute atomic E-state index is 0.112. The Bertz CT molecular complexity index is 1000. The third-order valence-corrected chi connectivity index (χ3v) is 8.37. The highest BCUT2D eigenvalue weighted by Gasteiger charge is 2.53. The fourth-order valence-electron chi connectivity index (χ4n) is 6.91. The smallest absolute Gasteiger partial charge is 0.338 e. The van der Waals surface area contributed by atoms with Crippen LogP contribution in [0.25, 0.3) is 0 Å². The quantitative estimate of drug-likeness (QED) is 0.565. The first-order chi connectivity index (χ1) is 16.3. The van der Waals surface area contributed by atoms with Gasteiger partial charge in [0.25, 0.3) is 5.91 Å². The van der Waals surface area contributed by atoms with Crippen LogP contribution in [0.2, 0.25) is 0 Å². The summed E-state index contributed by atoms with van der Waals surface area (Å²) in [6, 6.07) is 6.82. The monoisotopic (exact) mass is 466 g/mol. The third-order valence-electron chi connectivity index (χ3n) is 8.37. The van der Waals surface area contributed by atoms with Gasteiger partial charge < -0.3 is 19.3 Å². The van der Waals surface area contributed by atoms with Gasteiger partial charge >= 0.3 is 5.97 Å². The zero-order valence-electron chi connectivity index (χ0n) is 20.3. The predicted molar refractivity (Wildman–Crippen MR) is 125 cm³/mol. The molecule has 4 bridgehead atoms. The van der Waals surface area contributed by atoms with E-state index >= 15 is 0 Å². The van der Waals surface area contributed by atoms with E-state index in [2.05, 4.69) is 17.4 Å². The molecule has 6 rings (SSSR count). The summed E-state index contributed by atoms with van der Waals surface area (Å²) in [5, 5.41) is 7.06. The number of aromatic nitrogens is 1. The molecule has 34 heavy (non-hydrogen) atoms. The molecular weight excluding hydrogens is 432 g/mol. The van der Waals surface area contributed by atoms with E-state index in [0.29, 0.717) is 17.9 Å². The van der Waals surface area contributed by atoms with Crippen molar-refractivity contribution in [3.05, 3.63) is 46.8 Å². The number of benzene rings is 1. The molecular formula is C27H34N2O5. The molecule has 7 nitrogen and oxygen atoms in total. The van der Waals surface area contributed by atoms with Gasteiger partial charge in [-0.25, -0.2) is 4.79 Å². The number of carbonyl (C=O) groups is 2. The summed E-state index contributed by atoms with van der Waals surface area (Å²) in [5.41, 5.74) is 2.32. The van der Waals surface area contributed by atoms with Crippen LogP contribution in [0, 0.1) is 37.0 Å². The maximum absolute atomic E-state index is 12.6. The van der Waals surface area contributed by atoms with E-state index < -0.39 is 5.97 Å². The van der Waals surface area contributed by atoms with E-state index in [1.165, 1.54) is 38.5 Å². The number of ether oxygens (including phenoxy) is 2. The van der Waals surface area contributed by atoms with Crippen molar-refractivity contribution in [1.29, 1.82) is 0 Å². The van der Waals surface area contributed by atoms with E-state index in [1.807, 2.05) is 13.8 Å². The average molecular weight is 467 g/mol. The zero-order chi connectivity index (χ0) is 23.9. The van der Waals surface area contributed by atoms with Crippen LogP contribution in [0.4, 0.5) is 0 Å². The topological polar surface area (TPSA) is 90.7 Å². The van der Waals surface area contributed by atoms with Gasteiger partial charge in [-0.05, 0) is 107 Å². The first-order valence-electron chi connectivity index (χ1n) is 12.4. The van der Waals surface area contributed by atoms with Crippen LogP contribution in [0.3, 0.4) is 0 Å². The number of carbonyl (C=O) groups excluding carboxylic acids is 2. The second-order valence-corrected chi connectivity index (χ2v) is 10.8. The van der Waals surface area contributed by atoms with Crippen LogP contribution in [0.1, 0.15) is 72.8 Å². The van der Waals surface area contributed by atoms with Crippen molar-refractivity contribution in [2.45, 2.75) is 71.9 Å². The molecule has 0 unspecified atom stereocenters. The molecule has 1 aromatic carbocycles. The van der Waals surface area contributed by atoms with Crippen LogP contribution in [0.15, 0.2) is 28.8 Å². The number of hydrogen-bond donors (Lipinski definition) is 1. The van der Waals surface area contributed by atoms with Gasteiger partial charge in [-0.1, -0.05) is 5.16 Å². The fraction of sp³-hybridized carbons (Fsp3) is 0.593. The Balaban J connectivity index is 1.09. The zero-order valence-corrected chi connectivity index (χ0v) is 20.3.